The number of alkyl halides is 3. The lowest BCUT2D eigenvalue weighted by atomic mass is 9.92. The van der Waals surface area contributed by atoms with Gasteiger partial charge in [0.15, 0.2) is 0 Å². The van der Waals surface area contributed by atoms with Gasteiger partial charge in [0.1, 0.15) is 5.82 Å². The molecule has 4 heterocycles. The second-order valence-corrected chi connectivity index (χ2v) is 7.17. The molecule has 2 fully saturated rings. The Morgan fingerprint density at radius 2 is 1.96 bits per heavy atom. The number of likely N-dealkylation sites (tertiary alicyclic amines) is 1. The van der Waals surface area contributed by atoms with Gasteiger partial charge in [-0.2, -0.15) is 18.3 Å². The number of aromatic nitrogens is 3. The number of nitrogens with zero attached hydrogens (tertiary/aromatic N) is 5. The van der Waals surface area contributed by atoms with E-state index < -0.39 is 11.7 Å². The van der Waals surface area contributed by atoms with Crippen molar-refractivity contribution in [2.24, 2.45) is 13.0 Å². The van der Waals surface area contributed by atoms with Crippen LogP contribution in [0.1, 0.15) is 24.1 Å². The Morgan fingerprint density at radius 1 is 1.15 bits per heavy atom. The highest BCUT2D eigenvalue weighted by molar-refractivity contribution is 5.43. The Hall–Kier alpha value is -2.09. The first-order chi connectivity index (χ1) is 12.4. The maximum Gasteiger partial charge on any atom is 0.416 e. The van der Waals surface area contributed by atoms with E-state index in [1.165, 1.54) is 12.3 Å². The fourth-order valence-electron chi connectivity index (χ4n) is 4.16. The number of halogens is 3. The molecule has 2 aromatic heterocycles. The van der Waals surface area contributed by atoms with Crippen LogP contribution in [0.5, 0.6) is 0 Å². The summed E-state index contributed by atoms with van der Waals surface area (Å²) in [6, 6.07) is 4.55. The lowest BCUT2D eigenvalue weighted by Crippen LogP contribution is -2.48. The third-order valence-electron chi connectivity index (χ3n) is 5.66. The highest BCUT2D eigenvalue weighted by atomic mass is 19.4. The molecule has 2 unspecified atom stereocenters. The quantitative estimate of drug-likeness (QED) is 0.838. The van der Waals surface area contributed by atoms with Crippen molar-refractivity contribution in [1.29, 1.82) is 0 Å². The molecule has 0 aromatic carbocycles. The number of pyridine rings is 1. The molecule has 2 aliphatic rings. The summed E-state index contributed by atoms with van der Waals surface area (Å²) >= 11 is 0. The van der Waals surface area contributed by atoms with Gasteiger partial charge in [0.25, 0.3) is 0 Å². The van der Waals surface area contributed by atoms with Gasteiger partial charge in [-0.15, -0.1) is 0 Å². The van der Waals surface area contributed by atoms with E-state index in [2.05, 4.69) is 15.0 Å². The normalized spacial score (nSPS) is 24.1. The summed E-state index contributed by atoms with van der Waals surface area (Å²) in [5.41, 5.74) is 0.516. The molecule has 8 heteroatoms. The second kappa shape index (κ2) is 6.57. The molecule has 4 rings (SSSR count). The van der Waals surface area contributed by atoms with Crippen LogP contribution in [0, 0.1) is 5.92 Å². The first kappa shape index (κ1) is 17.3. The molecule has 0 amide bonds. The van der Waals surface area contributed by atoms with Gasteiger partial charge < -0.3 is 4.90 Å². The van der Waals surface area contributed by atoms with Gasteiger partial charge in [-0.1, -0.05) is 0 Å². The predicted octanol–water partition coefficient (Wildman–Crippen LogP) is 2.93. The van der Waals surface area contributed by atoms with Crippen LogP contribution in [0.4, 0.5) is 19.0 Å². The summed E-state index contributed by atoms with van der Waals surface area (Å²) in [7, 11) is 1.93. The smallest absolute Gasteiger partial charge is 0.355 e. The van der Waals surface area contributed by atoms with E-state index >= 15 is 0 Å². The summed E-state index contributed by atoms with van der Waals surface area (Å²) in [5.74, 6) is 1.02. The van der Waals surface area contributed by atoms with Gasteiger partial charge in [-0.3, -0.25) is 9.58 Å². The SMILES string of the molecule is Cn1nccc1CN1CCC2CCN(c3cc(C(F)(F)F)ccn3)CC21. The minimum atomic E-state index is -4.34. The molecule has 0 aliphatic carbocycles. The van der Waals surface area contributed by atoms with Crippen LogP contribution in [0.3, 0.4) is 0 Å². The van der Waals surface area contributed by atoms with E-state index in [4.69, 9.17) is 0 Å². The van der Waals surface area contributed by atoms with Crippen molar-refractivity contribution in [3.8, 4) is 0 Å². The Labute approximate surface area is 150 Å². The van der Waals surface area contributed by atoms with Gasteiger partial charge in [-0.25, -0.2) is 4.98 Å². The van der Waals surface area contributed by atoms with Crippen LogP contribution in [0.15, 0.2) is 30.6 Å². The van der Waals surface area contributed by atoms with Crippen molar-refractivity contribution in [2.75, 3.05) is 24.5 Å². The third kappa shape index (κ3) is 3.30. The molecule has 0 spiro atoms. The summed E-state index contributed by atoms with van der Waals surface area (Å²) in [6.45, 7) is 3.32. The van der Waals surface area contributed by atoms with Crippen molar-refractivity contribution in [3.05, 3.63) is 41.9 Å². The average Bonchev–Trinajstić information content (AvgIpc) is 3.21. The van der Waals surface area contributed by atoms with Gasteiger partial charge >= 0.3 is 6.18 Å². The van der Waals surface area contributed by atoms with Crippen LogP contribution < -0.4 is 4.90 Å². The number of rotatable bonds is 3. The molecule has 2 atom stereocenters. The van der Waals surface area contributed by atoms with E-state index in [1.54, 1.807) is 6.20 Å². The van der Waals surface area contributed by atoms with E-state index in [1.807, 2.05) is 22.7 Å². The van der Waals surface area contributed by atoms with Crippen LogP contribution >= 0.6 is 0 Å². The van der Waals surface area contributed by atoms with E-state index in [0.29, 0.717) is 17.8 Å². The van der Waals surface area contributed by atoms with Crippen LogP contribution in [-0.2, 0) is 19.8 Å². The topological polar surface area (TPSA) is 37.2 Å². The van der Waals surface area contributed by atoms with Crippen LogP contribution in [0.25, 0.3) is 0 Å². The van der Waals surface area contributed by atoms with E-state index in [0.717, 1.165) is 50.8 Å². The van der Waals surface area contributed by atoms with Crippen molar-refractivity contribution in [2.45, 2.75) is 31.6 Å². The van der Waals surface area contributed by atoms with Gasteiger partial charge in [0.05, 0.1) is 11.3 Å². The molecule has 140 valence electrons. The highest BCUT2D eigenvalue weighted by Crippen LogP contribution is 2.35. The first-order valence-corrected chi connectivity index (χ1v) is 8.91. The third-order valence-corrected chi connectivity index (χ3v) is 5.66. The first-order valence-electron chi connectivity index (χ1n) is 8.91. The summed E-state index contributed by atoms with van der Waals surface area (Å²) in [4.78, 5) is 8.63. The maximum atomic E-state index is 13.0. The second-order valence-electron chi connectivity index (χ2n) is 7.17. The zero-order valence-electron chi connectivity index (χ0n) is 14.7. The molecule has 2 saturated heterocycles. The molecule has 0 radical (unpaired) electrons. The minimum absolute atomic E-state index is 0.343. The lowest BCUT2D eigenvalue weighted by Gasteiger charge is -2.39. The average molecular weight is 365 g/mol. The number of fused-ring (bicyclic) bond motifs is 1. The molecular weight excluding hydrogens is 343 g/mol. The number of hydrogen-bond acceptors (Lipinski definition) is 4. The minimum Gasteiger partial charge on any atom is -0.355 e. The van der Waals surface area contributed by atoms with E-state index in [-0.39, 0.29) is 0 Å². The highest BCUT2D eigenvalue weighted by Gasteiger charge is 2.39. The van der Waals surface area contributed by atoms with Gasteiger partial charge in [-0.05, 0) is 43.5 Å². The predicted molar refractivity (Wildman–Crippen MR) is 91.6 cm³/mol. The van der Waals surface area contributed by atoms with Crippen molar-refractivity contribution < 1.29 is 13.2 Å². The van der Waals surface area contributed by atoms with Crippen LogP contribution in [-0.4, -0.2) is 45.3 Å². The summed E-state index contributed by atoms with van der Waals surface area (Å²) in [6.07, 6.45) is 0.848. The monoisotopic (exact) mass is 365 g/mol. The summed E-state index contributed by atoms with van der Waals surface area (Å²) < 4.78 is 40.9. The zero-order valence-corrected chi connectivity index (χ0v) is 14.7. The molecule has 0 bridgehead atoms. The van der Waals surface area contributed by atoms with Crippen molar-refractivity contribution >= 4 is 5.82 Å². The van der Waals surface area contributed by atoms with Crippen molar-refractivity contribution in [1.82, 2.24) is 19.7 Å². The molecule has 2 aliphatic heterocycles. The Morgan fingerprint density at radius 3 is 2.69 bits per heavy atom. The lowest BCUT2D eigenvalue weighted by molar-refractivity contribution is -0.137. The van der Waals surface area contributed by atoms with E-state index in [9.17, 15) is 13.2 Å². The Balaban J connectivity index is 1.50. The summed E-state index contributed by atoms with van der Waals surface area (Å²) in [5, 5.41) is 4.22. The Bertz CT molecular complexity index is 772. The molecule has 5 nitrogen and oxygen atoms in total. The van der Waals surface area contributed by atoms with Gasteiger partial charge in [0, 0.05) is 45.1 Å². The maximum absolute atomic E-state index is 13.0. The number of aryl methyl sites for hydroxylation is 1. The molecule has 26 heavy (non-hydrogen) atoms. The fraction of sp³-hybridized carbons (Fsp3) is 0.556. The standard InChI is InChI=1S/C18H22F3N5/c1-24-15(3-7-23-24)11-25-8-4-13-5-9-26(12-16(13)25)17-10-14(2-6-22-17)18(19,20)21/h2-3,6-7,10,13,16H,4-5,8-9,11-12H2,1H3. The van der Waals surface area contributed by atoms with Gasteiger partial charge in [0.2, 0.25) is 0 Å². The molecule has 0 N–H and O–H groups in total. The zero-order chi connectivity index (χ0) is 18.3. The Kier molecular flexibility index (Phi) is 4.38. The fourth-order valence-corrected chi connectivity index (χ4v) is 4.16. The molecule has 2 aromatic rings. The molecular formula is C18H22F3N5. The number of anilines is 1. The number of hydrogen-bond donors (Lipinski definition) is 0. The largest absolute Gasteiger partial charge is 0.416 e. The number of piperidine rings is 1. The molecule has 0 saturated carbocycles. The van der Waals surface area contributed by atoms with Crippen LogP contribution in [0.2, 0.25) is 0 Å². The van der Waals surface area contributed by atoms with Crippen molar-refractivity contribution in [3.63, 3.8) is 0 Å².